The number of nitriles is 1. The molecule has 3 heteroatoms. The van der Waals surface area contributed by atoms with Gasteiger partial charge in [-0.1, -0.05) is 6.07 Å². The molecule has 0 saturated carbocycles. The molecule has 2 aromatic rings. The van der Waals surface area contributed by atoms with Crippen LogP contribution in [0.1, 0.15) is 11.3 Å². The van der Waals surface area contributed by atoms with Gasteiger partial charge < -0.3 is 5.11 Å². The number of aryl methyl sites for hydroxylation is 1. The molecule has 0 unspecified atom stereocenters. The first-order valence-corrected chi connectivity index (χ1v) is 4.88. The molecule has 1 aromatic heterocycles. The molecule has 16 heavy (non-hydrogen) atoms. The first kappa shape index (κ1) is 10.2. The lowest BCUT2D eigenvalue weighted by Gasteiger charge is -2.04. The van der Waals surface area contributed by atoms with E-state index in [1.54, 1.807) is 12.1 Å². The minimum Gasteiger partial charge on any atom is -0.507 e. The van der Waals surface area contributed by atoms with E-state index >= 15 is 0 Å². The molecule has 0 aliphatic carbocycles. The molecule has 1 heterocycles. The van der Waals surface area contributed by atoms with E-state index < -0.39 is 0 Å². The maximum atomic E-state index is 9.78. The Balaban J connectivity index is 2.53. The fourth-order valence-electron chi connectivity index (χ4n) is 1.51. The number of rotatable bonds is 1. The summed E-state index contributed by atoms with van der Waals surface area (Å²) in [5.74, 6) is 0.0807. The number of phenolic OH excluding ortho intramolecular Hbond substituents is 1. The van der Waals surface area contributed by atoms with E-state index in [0.29, 0.717) is 16.8 Å². The van der Waals surface area contributed by atoms with Gasteiger partial charge in [0.1, 0.15) is 5.75 Å². The van der Waals surface area contributed by atoms with Crippen LogP contribution in [0, 0.1) is 18.3 Å². The molecule has 0 fully saturated rings. The second-order valence-electron chi connectivity index (χ2n) is 3.51. The van der Waals surface area contributed by atoms with Crippen molar-refractivity contribution in [2.75, 3.05) is 0 Å². The second-order valence-corrected chi connectivity index (χ2v) is 3.51. The molecule has 0 amide bonds. The molecule has 0 aliphatic rings. The number of aromatic nitrogens is 1. The molecule has 2 rings (SSSR count). The molecule has 1 aromatic carbocycles. The second kappa shape index (κ2) is 4.03. The van der Waals surface area contributed by atoms with Gasteiger partial charge in [-0.25, -0.2) is 0 Å². The Labute approximate surface area is 93.6 Å². The third-order valence-electron chi connectivity index (χ3n) is 2.29. The normalized spacial score (nSPS) is 9.75. The van der Waals surface area contributed by atoms with E-state index in [9.17, 15) is 5.11 Å². The molecule has 0 aliphatic heterocycles. The molecule has 0 bridgehead atoms. The lowest BCUT2D eigenvalue weighted by atomic mass is 10.1. The summed E-state index contributed by atoms with van der Waals surface area (Å²) in [6.07, 6.45) is 0. The first-order valence-electron chi connectivity index (χ1n) is 4.88. The highest BCUT2D eigenvalue weighted by atomic mass is 16.3. The van der Waals surface area contributed by atoms with Crippen LogP contribution in [0.2, 0.25) is 0 Å². The fourth-order valence-corrected chi connectivity index (χ4v) is 1.51. The summed E-state index contributed by atoms with van der Waals surface area (Å²) in [5.41, 5.74) is 2.68. The van der Waals surface area contributed by atoms with Crippen molar-refractivity contribution >= 4 is 0 Å². The van der Waals surface area contributed by atoms with Gasteiger partial charge >= 0.3 is 0 Å². The number of phenols is 1. The summed E-state index contributed by atoms with van der Waals surface area (Å²) in [6, 6.07) is 12.4. The van der Waals surface area contributed by atoms with Crippen LogP contribution in [-0.4, -0.2) is 10.1 Å². The molecule has 0 radical (unpaired) electrons. The summed E-state index contributed by atoms with van der Waals surface area (Å²) < 4.78 is 0. The number of benzene rings is 1. The summed E-state index contributed by atoms with van der Waals surface area (Å²) in [6.45, 7) is 1.89. The van der Waals surface area contributed by atoms with Crippen LogP contribution in [0.3, 0.4) is 0 Å². The van der Waals surface area contributed by atoms with Crippen LogP contribution < -0.4 is 0 Å². The molecular weight excluding hydrogens is 200 g/mol. The monoisotopic (exact) mass is 210 g/mol. The molecule has 1 N–H and O–H groups in total. The van der Waals surface area contributed by atoms with Crippen molar-refractivity contribution in [1.82, 2.24) is 4.98 Å². The Morgan fingerprint density at radius 2 is 2.06 bits per heavy atom. The van der Waals surface area contributed by atoms with Crippen LogP contribution in [0.4, 0.5) is 0 Å². The highest BCUT2D eigenvalue weighted by Gasteiger charge is 2.06. The summed E-state index contributed by atoms with van der Waals surface area (Å²) in [7, 11) is 0. The van der Waals surface area contributed by atoms with Crippen LogP contribution in [-0.2, 0) is 0 Å². The SMILES string of the molecule is Cc1cccc(-c2ccc(C#N)cc2O)n1. The Morgan fingerprint density at radius 3 is 2.69 bits per heavy atom. The number of aromatic hydroxyl groups is 1. The minimum atomic E-state index is 0.0807. The highest BCUT2D eigenvalue weighted by molar-refractivity contribution is 5.68. The van der Waals surface area contributed by atoms with E-state index in [0.717, 1.165) is 5.69 Å². The van der Waals surface area contributed by atoms with Crippen molar-refractivity contribution in [3.05, 3.63) is 47.7 Å². The van der Waals surface area contributed by atoms with Gasteiger partial charge in [0, 0.05) is 11.3 Å². The Bertz CT molecular complexity index is 570. The predicted molar refractivity (Wildman–Crippen MR) is 60.8 cm³/mol. The third kappa shape index (κ3) is 1.86. The number of hydrogen-bond donors (Lipinski definition) is 1. The van der Waals surface area contributed by atoms with Crippen molar-refractivity contribution in [3.8, 4) is 23.1 Å². The molecule has 0 saturated heterocycles. The number of pyridine rings is 1. The van der Waals surface area contributed by atoms with Gasteiger partial charge in [-0.3, -0.25) is 4.98 Å². The lowest BCUT2D eigenvalue weighted by Crippen LogP contribution is -1.87. The van der Waals surface area contributed by atoms with Crippen LogP contribution in [0.25, 0.3) is 11.3 Å². The summed E-state index contributed by atoms with van der Waals surface area (Å²) in [4.78, 5) is 4.32. The average molecular weight is 210 g/mol. The van der Waals surface area contributed by atoms with E-state index in [1.165, 1.54) is 6.07 Å². The first-order chi connectivity index (χ1) is 7.70. The van der Waals surface area contributed by atoms with Gasteiger partial charge in [0.05, 0.1) is 17.3 Å². The predicted octanol–water partition coefficient (Wildman–Crippen LogP) is 2.63. The Kier molecular flexibility index (Phi) is 2.57. The summed E-state index contributed by atoms with van der Waals surface area (Å²) >= 11 is 0. The van der Waals surface area contributed by atoms with Crippen LogP contribution in [0.15, 0.2) is 36.4 Å². The third-order valence-corrected chi connectivity index (χ3v) is 2.29. The van der Waals surface area contributed by atoms with E-state index in [-0.39, 0.29) is 5.75 Å². The maximum Gasteiger partial charge on any atom is 0.126 e. The molecule has 3 nitrogen and oxygen atoms in total. The standard InChI is InChI=1S/C13H10N2O/c1-9-3-2-4-12(15-9)11-6-5-10(8-14)7-13(11)16/h2-7,16H,1H3. The van der Waals surface area contributed by atoms with Gasteiger partial charge in [0.15, 0.2) is 0 Å². The van der Waals surface area contributed by atoms with E-state index in [1.807, 2.05) is 31.2 Å². The molecule has 78 valence electrons. The lowest BCUT2D eigenvalue weighted by molar-refractivity contribution is 0.477. The van der Waals surface area contributed by atoms with Crippen LogP contribution >= 0.6 is 0 Å². The zero-order valence-corrected chi connectivity index (χ0v) is 8.81. The van der Waals surface area contributed by atoms with E-state index in [4.69, 9.17) is 5.26 Å². The van der Waals surface area contributed by atoms with Gasteiger partial charge in [-0.2, -0.15) is 5.26 Å². The van der Waals surface area contributed by atoms with Crippen molar-refractivity contribution in [1.29, 1.82) is 5.26 Å². The zero-order chi connectivity index (χ0) is 11.5. The molecular formula is C13H10N2O. The van der Waals surface area contributed by atoms with Crippen molar-refractivity contribution < 1.29 is 5.11 Å². The van der Waals surface area contributed by atoms with E-state index in [2.05, 4.69) is 4.98 Å². The van der Waals surface area contributed by atoms with Gasteiger partial charge in [-0.05, 0) is 37.3 Å². The Morgan fingerprint density at radius 1 is 1.25 bits per heavy atom. The highest BCUT2D eigenvalue weighted by Crippen LogP contribution is 2.28. The van der Waals surface area contributed by atoms with Gasteiger partial charge in [-0.15, -0.1) is 0 Å². The quantitative estimate of drug-likeness (QED) is 0.787. The zero-order valence-electron chi connectivity index (χ0n) is 8.81. The Hall–Kier alpha value is -2.34. The molecule has 0 spiro atoms. The topological polar surface area (TPSA) is 56.9 Å². The van der Waals surface area contributed by atoms with Gasteiger partial charge in [0.2, 0.25) is 0 Å². The van der Waals surface area contributed by atoms with Crippen LogP contribution in [0.5, 0.6) is 5.75 Å². The molecule has 0 atom stereocenters. The number of nitrogens with zero attached hydrogens (tertiary/aromatic N) is 2. The fraction of sp³-hybridized carbons (Fsp3) is 0.0769. The number of hydrogen-bond acceptors (Lipinski definition) is 3. The van der Waals surface area contributed by atoms with Crippen molar-refractivity contribution in [3.63, 3.8) is 0 Å². The smallest absolute Gasteiger partial charge is 0.126 e. The largest absolute Gasteiger partial charge is 0.507 e. The maximum absolute atomic E-state index is 9.78. The average Bonchev–Trinajstić information content (AvgIpc) is 2.28. The van der Waals surface area contributed by atoms with Crippen molar-refractivity contribution in [2.45, 2.75) is 6.92 Å². The van der Waals surface area contributed by atoms with Crippen molar-refractivity contribution in [2.24, 2.45) is 0 Å². The minimum absolute atomic E-state index is 0.0807. The summed E-state index contributed by atoms with van der Waals surface area (Å²) in [5, 5.41) is 18.5. The van der Waals surface area contributed by atoms with Gasteiger partial charge in [0.25, 0.3) is 0 Å².